The quantitative estimate of drug-likeness (QED) is 0.532. The van der Waals surface area contributed by atoms with Crippen LogP contribution in [-0.2, 0) is 26.8 Å². The zero-order valence-corrected chi connectivity index (χ0v) is 24.2. The lowest BCUT2D eigenvalue weighted by atomic mass is 9.70. The number of ether oxygens (including phenoxy) is 1. The van der Waals surface area contributed by atoms with Crippen molar-refractivity contribution in [2.75, 3.05) is 40.3 Å². The molecular weight excluding hydrogens is 506 g/mol. The molecule has 1 aromatic heterocycles. The van der Waals surface area contributed by atoms with Crippen molar-refractivity contribution < 1.29 is 22.5 Å². The van der Waals surface area contributed by atoms with Gasteiger partial charge in [-0.25, -0.2) is 8.42 Å². The largest absolute Gasteiger partial charge is 0.497 e. The fourth-order valence-corrected chi connectivity index (χ4v) is 7.62. The van der Waals surface area contributed by atoms with Crippen molar-refractivity contribution >= 4 is 15.7 Å². The molecule has 1 amide bonds. The van der Waals surface area contributed by atoms with E-state index in [1.54, 1.807) is 33.1 Å². The maximum Gasteiger partial charge on any atom is 0.242 e. The number of nitrogens with zero attached hydrogens (tertiary/aromatic N) is 4. The molecule has 2 unspecified atom stereocenters. The summed E-state index contributed by atoms with van der Waals surface area (Å²) in [5.41, 5.74) is 1.14. The van der Waals surface area contributed by atoms with Crippen LogP contribution in [0.4, 0.5) is 0 Å². The van der Waals surface area contributed by atoms with E-state index in [0.717, 1.165) is 45.4 Å². The molecule has 4 rings (SSSR count). The molecule has 0 radical (unpaired) electrons. The molecule has 11 heteroatoms. The number of benzene rings is 1. The molecule has 2 atom stereocenters. The van der Waals surface area contributed by atoms with E-state index in [0.29, 0.717) is 22.9 Å². The zero-order valence-electron chi connectivity index (χ0n) is 23.4. The molecule has 210 valence electrons. The van der Waals surface area contributed by atoms with Crippen LogP contribution in [0.5, 0.6) is 5.75 Å². The average molecular weight is 548 g/mol. The van der Waals surface area contributed by atoms with E-state index in [9.17, 15) is 13.2 Å². The molecule has 1 aliphatic carbocycles. The normalized spacial score (nSPS) is 22.8. The van der Waals surface area contributed by atoms with Crippen LogP contribution in [0, 0.1) is 19.3 Å². The van der Waals surface area contributed by atoms with Gasteiger partial charge in [0.15, 0.2) is 15.7 Å². The van der Waals surface area contributed by atoms with Crippen molar-refractivity contribution in [3.8, 4) is 5.75 Å². The molecule has 0 spiro atoms. The molecule has 2 aromatic rings. The van der Waals surface area contributed by atoms with Crippen LogP contribution in [0.3, 0.4) is 0 Å². The van der Waals surface area contributed by atoms with E-state index in [1.807, 2.05) is 0 Å². The first-order chi connectivity index (χ1) is 17.9. The van der Waals surface area contributed by atoms with Crippen molar-refractivity contribution in [1.82, 2.24) is 25.3 Å². The molecule has 0 bridgehead atoms. The Labute approximate surface area is 226 Å². The smallest absolute Gasteiger partial charge is 0.242 e. The van der Waals surface area contributed by atoms with Gasteiger partial charge in [0.1, 0.15) is 11.5 Å². The van der Waals surface area contributed by atoms with E-state index >= 15 is 0 Å². The predicted molar refractivity (Wildman–Crippen MR) is 144 cm³/mol. The summed E-state index contributed by atoms with van der Waals surface area (Å²) in [6.07, 6.45) is 2.97. The number of aryl methyl sites for hydroxylation is 2. The van der Waals surface area contributed by atoms with Gasteiger partial charge >= 0.3 is 0 Å². The minimum atomic E-state index is -3.73. The second kappa shape index (κ2) is 11.3. The summed E-state index contributed by atoms with van der Waals surface area (Å²) in [5.74, 6) is 0.133. The number of aromatic nitrogens is 2. The molecule has 1 aromatic carbocycles. The monoisotopic (exact) mass is 547 g/mol. The highest BCUT2D eigenvalue weighted by atomic mass is 32.2. The molecule has 2 fully saturated rings. The van der Waals surface area contributed by atoms with Crippen molar-refractivity contribution in [2.24, 2.45) is 5.41 Å². The van der Waals surface area contributed by atoms with Crippen LogP contribution in [0.2, 0.25) is 0 Å². The third kappa shape index (κ3) is 6.55. The number of carbonyl (C=O) groups is 1. The molecule has 2 aliphatic rings. The van der Waals surface area contributed by atoms with Crippen LogP contribution in [-0.4, -0.2) is 86.7 Å². The number of sulfone groups is 1. The van der Waals surface area contributed by atoms with Gasteiger partial charge in [-0.05, 0) is 68.8 Å². The van der Waals surface area contributed by atoms with Gasteiger partial charge in [0.25, 0.3) is 0 Å². The predicted octanol–water partition coefficient (Wildman–Crippen LogP) is 2.52. The van der Waals surface area contributed by atoms with Crippen molar-refractivity contribution in [2.45, 2.75) is 76.1 Å². The van der Waals surface area contributed by atoms with Crippen LogP contribution in [0.15, 0.2) is 21.6 Å². The first kappa shape index (κ1) is 28.5. The minimum absolute atomic E-state index is 0.0320. The summed E-state index contributed by atoms with van der Waals surface area (Å²) < 4.78 is 36.7. The van der Waals surface area contributed by atoms with Gasteiger partial charge in [0, 0.05) is 38.3 Å². The molecule has 38 heavy (non-hydrogen) atoms. The highest BCUT2D eigenvalue weighted by Gasteiger charge is 2.40. The van der Waals surface area contributed by atoms with Crippen molar-refractivity contribution in [1.29, 1.82) is 0 Å². The second-order valence-corrected chi connectivity index (χ2v) is 13.4. The Bertz CT molecular complexity index is 1230. The fraction of sp³-hybridized carbons (Fsp3) is 0.667. The molecule has 1 N–H and O–H groups in total. The number of hydrogen-bond donors (Lipinski definition) is 1. The first-order valence-electron chi connectivity index (χ1n) is 13.3. The van der Waals surface area contributed by atoms with Gasteiger partial charge in [0.05, 0.1) is 18.4 Å². The lowest BCUT2D eigenvalue weighted by Crippen LogP contribution is -2.56. The van der Waals surface area contributed by atoms with E-state index in [-0.39, 0.29) is 40.4 Å². The summed E-state index contributed by atoms with van der Waals surface area (Å²) in [4.78, 5) is 22.3. The third-order valence-electron chi connectivity index (χ3n) is 8.01. The Morgan fingerprint density at radius 1 is 1.16 bits per heavy atom. The Balaban J connectivity index is 1.34. The lowest BCUT2D eigenvalue weighted by Gasteiger charge is -2.48. The Hall–Kier alpha value is -2.50. The maximum absolute atomic E-state index is 13.1. The van der Waals surface area contributed by atoms with Gasteiger partial charge in [-0.15, -0.1) is 0 Å². The summed E-state index contributed by atoms with van der Waals surface area (Å²) in [5, 5.41) is 7.05. The van der Waals surface area contributed by atoms with Crippen molar-refractivity contribution in [3.63, 3.8) is 0 Å². The molecule has 1 aliphatic heterocycles. The van der Waals surface area contributed by atoms with Crippen LogP contribution < -0.4 is 10.1 Å². The summed E-state index contributed by atoms with van der Waals surface area (Å²) in [7, 11) is -0.0201. The number of likely N-dealkylation sites (N-methyl/N-ethyl adjacent to an activating group) is 1. The Morgan fingerprint density at radius 2 is 1.82 bits per heavy atom. The SMILES string of the molecule is COc1cc(C)c(S(=O)(=O)Cc2nc(CC(=O)NC3CCC(N4CCN(C)CC4)CC3(C)C)no2)c(C)c1. The fourth-order valence-electron chi connectivity index (χ4n) is 5.93. The van der Waals surface area contributed by atoms with E-state index in [4.69, 9.17) is 9.26 Å². The van der Waals surface area contributed by atoms with Crippen molar-refractivity contribution in [3.05, 3.63) is 35.0 Å². The number of nitrogens with one attached hydrogen (secondary N) is 1. The standard InChI is InChI=1S/C27H41N5O5S/c1-18-13-21(36-6)14-19(2)26(18)38(34,35)17-25-29-23(30-37-25)15-24(33)28-22-8-7-20(16-27(22,3)4)32-11-9-31(5)10-12-32/h13-14,20,22H,7-12,15-17H2,1-6H3,(H,28,33). The minimum Gasteiger partial charge on any atom is -0.497 e. The first-order valence-corrected chi connectivity index (χ1v) is 14.9. The van der Waals surface area contributed by atoms with Crippen LogP contribution >= 0.6 is 0 Å². The van der Waals surface area contributed by atoms with E-state index in [2.05, 4.69) is 46.2 Å². The average Bonchev–Trinajstić information content (AvgIpc) is 3.25. The topological polar surface area (TPSA) is 118 Å². The zero-order chi connectivity index (χ0) is 27.7. The maximum atomic E-state index is 13.1. The number of carbonyl (C=O) groups excluding carboxylic acids is 1. The molecule has 1 saturated heterocycles. The molecule has 2 heterocycles. The van der Waals surface area contributed by atoms with E-state index in [1.165, 1.54) is 0 Å². The molecule has 1 saturated carbocycles. The number of hydrogen-bond acceptors (Lipinski definition) is 9. The Morgan fingerprint density at radius 3 is 2.42 bits per heavy atom. The van der Waals surface area contributed by atoms with Gasteiger partial charge in [-0.2, -0.15) is 4.98 Å². The lowest BCUT2D eigenvalue weighted by molar-refractivity contribution is -0.122. The molecule has 10 nitrogen and oxygen atoms in total. The van der Waals surface area contributed by atoms with Crippen LogP contribution in [0.1, 0.15) is 56.0 Å². The number of amides is 1. The van der Waals surface area contributed by atoms with Gasteiger partial charge < -0.3 is 19.5 Å². The summed E-state index contributed by atoms with van der Waals surface area (Å²) in [6, 6.07) is 3.98. The van der Waals surface area contributed by atoms with Gasteiger partial charge in [0.2, 0.25) is 11.8 Å². The number of piperazine rings is 1. The Kier molecular flexibility index (Phi) is 8.49. The van der Waals surface area contributed by atoms with Gasteiger partial charge in [-0.1, -0.05) is 19.0 Å². The highest BCUT2D eigenvalue weighted by Crippen LogP contribution is 2.38. The number of rotatable bonds is 8. The summed E-state index contributed by atoms with van der Waals surface area (Å²) in [6.45, 7) is 12.3. The second-order valence-electron chi connectivity index (χ2n) is 11.5. The van der Waals surface area contributed by atoms with Gasteiger partial charge in [-0.3, -0.25) is 9.69 Å². The third-order valence-corrected chi connectivity index (χ3v) is 9.90. The van der Waals surface area contributed by atoms with E-state index < -0.39 is 15.6 Å². The number of methoxy groups -OCH3 is 1. The summed E-state index contributed by atoms with van der Waals surface area (Å²) >= 11 is 0. The van der Waals surface area contributed by atoms with Crippen LogP contribution in [0.25, 0.3) is 0 Å². The highest BCUT2D eigenvalue weighted by molar-refractivity contribution is 7.90. The molecular formula is C27H41N5O5S.